The zero-order valence-electron chi connectivity index (χ0n) is 19.2. The van der Waals surface area contributed by atoms with Gasteiger partial charge in [0.25, 0.3) is 5.91 Å². The quantitative estimate of drug-likeness (QED) is 0.458. The molecule has 3 aromatic heterocycles. The highest BCUT2D eigenvalue weighted by molar-refractivity contribution is 7.90. The summed E-state index contributed by atoms with van der Waals surface area (Å²) < 4.78 is 85.2. The number of rotatable bonds is 6. The topological polar surface area (TPSA) is 155 Å². The number of morpholine rings is 1. The zero-order chi connectivity index (χ0) is 25.5. The van der Waals surface area contributed by atoms with Gasteiger partial charge in [0, 0.05) is 49.3 Å². The zero-order valence-corrected chi connectivity index (χ0v) is 20.0. The maximum absolute atomic E-state index is 15.9. The molecule has 5 N–H and O–H groups in total. The molecule has 0 saturated carbocycles. The number of carbonyl (C=O) groups is 1. The Morgan fingerprint density at radius 1 is 1.14 bits per heavy atom. The Morgan fingerprint density at radius 2 is 1.81 bits per heavy atom. The van der Waals surface area contributed by atoms with E-state index in [-0.39, 0.29) is 67.1 Å². The van der Waals surface area contributed by atoms with Crippen molar-refractivity contribution in [2.24, 2.45) is 5.73 Å². The predicted molar refractivity (Wildman–Crippen MR) is 123 cm³/mol. The molecule has 36 heavy (non-hydrogen) atoms. The van der Waals surface area contributed by atoms with Gasteiger partial charge in [0.1, 0.15) is 21.2 Å². The molecule has 10 nitrogen and oxygen atoms in total. The summed E-state index contributed by atoms with van der Waals surface area (Å²) in [6, 6.07) is 1.72. The largest absolute Gasteiger partial charge is 0.433 e. The minimum Gasteiger partial charge on any atom is -0.378 e. The van der Waals surface area contributed by atoms with E-state index in [1.54, 1.807) is 4.90 Å². The highest BCUT2D eigenvalue weighted by atomic mass is 32.2. The lowest BCUT2D eigenvalue weighted by Crippen LogP contribution is -2.37. The SMILES string of the molecule is CS(=O)(=O)CCc1cn2cc(-c3ccc(C(F)(F)F)nc3C(N)=O)c(N3CCOCC3)c(F)c2n1.N. The second kappa shape index (κ2) is 9.99. The van der Waals surface area contributed by atoms with Crippen LogP contribution in [0.15, 0.2) is 24.5 Å². The molecular weight excluding hydrogens is 508 g/mol. The Bertz CT molecular complexity index is 1400. The summed E-state index contributed by atoms with van der Waals surface area (Å²) >= 11 is 0. The van der Waals surface area contributed by atoms with Gasteiger partial charge in [0.15, 0.2) is 11.5 Å². The molecule has 1 fully saturated rings. The van der Waals surface area contributed by atoms with Gasteiger partial charge in [-0.05, 0) is 12.1 Å². The van der Waals surface area contributed by atoms with Gasteiger partial charge in [0.2, 0.25) is 0 Å². The van der Waals surface area contributed by atoms with Crippen molar-refractivity contribution in [3.05, 3.63) is 47.4 Å². The molecule has 0 aliphatic carbocycles. The number of anilines is 1. The van der Waals surface area contributed by atoms with E-state index in [1.807, 2.05) is 0 Å². The third-order valence-electron chi connectivity index (χ3n) is 5.48. The number of ether oxygens (including phenoxy) is 1. The van der Waals surface area contributed by atoms with E-state index in [9.17, 15) is 26.4 Å². The van der Waals surface area contributed by atoms with Gasteiger partial charge in [-0.2, -0.15) is 13.2 Å². The van der Waals surface area contributed by atoms with Crippen LogP contribution in [0.1, 0.15) is 21.9 Å². The maximum Gasteiger partial charge on any atom is 0.433 e. The summed E-state index contributed by atoms with van der Waals surface area (Å²) in [4.78, 5) is 21.4. The predicted octanol–water partition coefficient (Wildman–Crippen LogP) is 2.24. The van der Waals surface area contributed by atoms with Gasteiger partial charge in [0.05, 0.1) is 30.3 Å². The summed E-state index contributed by atoms with van der Waals surface area (Å²) in [5.74, 6) is -2.19. The summed E-state index contributed by atoms with van der Waals surface area (Å²) in [7, 11) is -3.29. The summed E-state index contributed by atoms with van der Waals surface area (Å²) in [5, 5.41) is 0. The number of nitrogens with two attached hydrogens (primary N) is 1. The number of aryl methyl sites for hydroxylation is 1. The normalized spacial score (nSPS) is 14.6. The van der Waals surface area contributed by atoms with Crippen molar-refractivity contribution in [2.45, 2.75) is 12.6 Å². The van der Waals surface area contributed by atoms with E-state index < -0.39 is 39.1 Å². The van der Waals surface area contributed by atoms with Crippen LogP contribution >= 0.6 is 0 Å². The first kappa shape index (κ1) is 27.3. The number of halogens is 4. The number of sulfone groups is 1. The third-order valence-corrected chi connectivity index (χ3v) is 6.42. The van der Waals surface area contributed by atoms with Crippen molar-refractivity contribution < 1.29 is 35.5 Å². The first-order valence-corrected chi connectivity index (χ1v) is 12.5. The van der Waals surface area contributed by atoms with Crippen molar-refractivity contribution in [1.29, 1.82) is 0 Å². The first-order valence-electron chi connectivity index (χ1n) is 10.4. The number of amides is 1. The Balaban J connectivity index is 0.00000361. The summed E-state index contributed by atoms with van der Waals surface area (Å²) in [6.45, 7) is 1.13. The molecule has 0 radical (unpaired) electrons. The van der Waals surface area contributed by atoms with Crippen LogP contribution in [0.5, 0.6) is 0 Å². The van der Waals surface area contributed by atoms with Gasteiger partial charge in [-0.25, -0.2) is 22.8 Å². The number of nitrogens with zero attached hydrogens (tertiary/aromatic N) is 4. The highest BCUT2D eigenvalue weighted by Gasteiger charge is 2.34. The number of aromatic nitrogens is 3. The molecule has 0 aromatic carbocycles. The third kappa shape index (κ3) is 5.57. The van der Waals surface area contributed by atoms with Crippen molar-refractivity contribution in [3.8, 4) is 11.1 Å². The summed E-state index contributed by atoms with van der Waals surface area (Å²) in [5.41, 5.74) is 3.59. The molecule has 0 bridgehead atoms. The molecule has 4 rings (SSSR count). The standard InChI is InChI=1S/C21H21F4N5O4S.H3N/c1-35(32,33)9-4-12-10-30-11-14(13-2-3-15(21(23,24)25)28-17(13)19(26)31)18(16(22)20(30)27-12)29-5-7-34-8-6-29;/h2-3,10-11H,4-9H2,1H3,(H2,26,31);1H3. The van der Waals surface area contributed by atoms with Gasteiger partial charge in [-0.3, -0.25) is 4.79 Å². The average molecular weight is 533 g/mol. The van der Waals surface area contributed by atoms with Crippen molar-refractivity contribution in [3.63, 3.8) is 0 Å². The monoisotopic (exact) mass is 532 g/mol. The lowest BCUT2D eigenvalue weighted by atomic mass is 10.0. The maximum atomic E-state index is 15.9. The van der Waals surface area contributed by atoms with Crippen molar-refractivity contribution >= 4 is 27.1 Å². The number of hydrogen-bond acceptors (Lipinski definition) is 8. The van der Waals surface area contributed by atoms with Crippen LogP contribution < -0.4 is 16.8 Å². The lowest BCUT2D eigenvalue weighted by molar-refractivity contribution is -0.141. The van der Waals surface area contributed by atoms with Crippen LogP contribution in [0.25, 0.3) is 16.8 Å². The molecule has 1 amide bonds. The first-order chi connectivity index (χ1) is 16.3. The lowest BCUT2D eigenvalue weighted by Gasteiger charge is -2.31. The molecule has 0 spiro atoms. The molecule has 4 heterocycles. The van der Waals surface area contributed by atoms with Crippen LogP contribution in [0.4, 0.5) is 23.2 Å². The fourth-order valence-electron chi connectivity index (χ4n) is 3.86. The van der Waals surface area contributed by atoms with E-state index in [4.69, 9.17) is 10.5 Å². The van der Waals surface area contributed by atoms with Crippen LogP contribution in [-0.2, 0) is 27.2 Å². The Morgan fingerprint density at radius 3 is 2.39 bits per heavy atom. The number of pyridine rings is 2. The molecule has 1 aliphatic rings. The Labute approximate surface area is 203 Å². The molecule has 3 aromatic rings. The van der Waals surface area contributed by atoms with E-state index in [0.717, 1.165) is 12.3 Å². The second-order valence-electron chi connectivity index (χ2n) is 8.10. The molecule has 0 unspecified atom stereocenters. The molecule has 196 valence electrons. The molecular formula is C21H24F4N6O4S. The van der Waals surface area contributed by atoms with E-state index in [1.165, 1.54) is 16.8 Å². The van der Waals surface area contributed by atoms with Crippen LogP contribution in [0.3, 0.4) is 0 Å². The van der Waals surface area contributed by atoms with Gasteiger partial charge in [-0.1, -0.05) is 0 Å². The number of alkyl halides is 3. The number of carbonyl (C=O) groups excluding carboxylic acids is 1. The highest BCUT2D eigenvalue weighted by Crippen LogP contribution is 2.38. The minimum atomic E-state index is -4.82. The van der Waals surface area contributed by atoms with Gasteiger partial charge < -0.3 is 25.9 Å². The number of primary amides is 1. The summed E-state index contributed by atoms with van der Waals surface area (Å²) in [6.07, 6.45) is -0.865. The van der Waals surface area contributed by atoms with E-state index in [2.05, 4.69) is 9.97 Å². The second-order valence-corrected chi connectivity index (χ2v) is 10.4. The van der Waals surface area contributed by atoms with Crippen LogP contribution in [-0.4, -0.2) is 67.0 Å². The fourth-order valence-corrected chi connectivity index (χ4v) is 4.44. The number of fused-ring (bicyclic) bond motifs is 1. The number of hydrogen-bond donors (Lipinski definition) is 2. The van der Waals surface area contributed by atoms with Crippen LogP contribution in [0, 0.1) is 5.82 Å². The Hall–Kier alpha value is -3.30. The van der Waals surface area contributed by atoms with Crippen molar-refractivity contribution in [2.75, 3.05) is 43.2 Å². The van der Waals surface area contributed by atoms with Gasteiger partial charge in [-0.15, -0.1) is 0 Å². The average Bonchev–Trinajstić information content (AvgIpc) is 3.20. The number of imidazole rings is 1. The fraction of sp³-hybridized carbons (Fsp3) is 0.381. The Kier molecular flexibility index (Phi) is 7.57. The molecule has 1 aliphatic heterocycles. The van der Waals surface area contributed by atoms with E-state index >= 15 is 4.39 Å². The van der Waals surface area contributed by atoms with Crippen molar-refractivity contribution in [1.82, 2.24) is 20.5 Å². The van der Waals surface area contributed by atoms with Gasteiger partial charge >= 0.3 is 6.18 Å². The smallest absolute Gasteiger partial charge is 0.378 e. The molecule has 15 heteroatoms. The van der Waals surface area contributed by atoms with E-state index in [0.29, 0.717) is 11.8 Å². The molecule has 0 atom stereocenters. The molecule has 1 saturated heterocycles. The minimum absolute atomic E-state index is 0. The van der Waals surface area contributed by atoms with Crippen LogP contribution in [0.2, 0.25) is 0 Å².